The molecule has 0 atom stereocenters. The number of carboxylic acid groups (broad SMARTS) is 1. The number of carbonyl (C=O) groups is 2. The summed E-state index contributed by atoms with van der Waals surface area (Å²) in [5, 5.41) is 13.0. The maximum absolute atomic E-state index is 13.7. The van der Waals surface area contributed by atoms with Gasteiger partial charge < -0.3 is 10.0 Å². The maximum atomic E-state index is 13.7. The lowest BCUT2D eigenvalue weighted by Gasteiger charge is -2.18. The molecule has 22 heavy (non-hydrogen) atoms. The van der Waals surface area contributed by atoms with Crippen molar-refractivity contribution in [2.24, 2.45) is 0 Å². The highest BCUT2D eigenvalue weighted by atomic mass is 19.1. The van der Waals surface area contributed by atoms with Crippen molar-refractivity contribution in [3.63, 3.8) is 0 Å². The van der Waals surface area contributed by atoms with Crippen LogP contribution in [-0.4, -0.2) is 44.3 Å². The summed E-state index contributed by atoms with van der Waals surface area (Å²) in [7, 11) is 0. The van der Waals surface area contributed by atoms with Crippen molar-refractivity contribution >= 4 is 11.9 Å². The summed E-state index contributed by atoms with van der Waals surface area (Å²) in [6.45, 7) is -0.351. The van der Waals surface area contributed by atoms with Crippen LogP contribution in [0.2, 0.25) is 0 Å². The van der Waals surface area contributed by atoms with Gasteiger partial charge in [0.2, 0.25) is 0 Å². The molecule has 7 heteroatoms. The number of aromatic nitrogens is 2. The molecule has 0 saturated heterocycles. The summed E-state index contributed by atoms with van der Waals surface area (Å²) in [5.41, 5.74) is 0.342. The summed E-state index contributed by atoms with van der Waals surface area (Å²) in [5.74, 6) is -1.96. The number of hydrogen-bond acceptors (Lipinski definition) is 3. The molecule has 0 unspecified atom stereocenters. The average Bonchev–Trinajstić information content (AvgIpc) is 3.21. The fourth-order valence-electron chi connectivity index (χ4n) is 2.26. The van der Waals surface area contributed by atoms with E-state index in [9.17, 15) is 14.0 Å². The SMILES string of the molecule is O=C(O)CN(C(=O)c1ccn(-c2ccccc2F)n1)C1CC1. The molecule has 1 saturated carbocycles. The number of hydrogen-bond donors (Lipinski definition) is 1. The van der Waals surface area contributed by atoms with Gasteiger partial charge in [0, 0.05) is 12.2 Å². The van der Waals surface area contributed by atoms with Gasteiger partial charge in [0.25, 0.3) is 5.91 Å². The molecule has 0 radical (unpaired) electrons. The molecule has 1 heterocycles. The smallest absolute Gasteiger partial charge is 0.323 e. The van der Waals surface area contributed by atoms with Crippen LogP contribution in [0.25, 0.3) is 5.69 Å². The molecule has 2 aromatic rings. The summed E-state index contributed by atoms with van der Waals surface area (Å²) < 4.78 is 15.0. The Bertz CT molecular complexity index is 724. The van der Waals surface area contributed by atoms with Crippen LogP contribution in [0.15, 0.2) is 36.5 Å². The highest BCUT2D eigenvalue weighted by Gasteiger charge is 2.35. The Morgan fingerprint density at radius 2 is 2.05 bits per heavy atom. The van der Waals surface area contributed by atoms with Crippen LogP contribution in [0.1, 0.15) is 23.3 Å². The Morgan fingerprint density at radius 1 is 1.32 bits per heavy atom. The van der Waals surface area contributed by atoms with Crippen molar-refractivity contribution in [1.29, 1.82) is 0 Å². The Kier molecular flexibility index (Phi) is 3.62. The van der Waals surface area contributed by atoms with Crippen molar-refractivity contribution in [3.05, 3.63) is 48.0 Å². The Balaban J connectivity index is 1.85. The third-order valence-corrected chi connectivity index (χ3v) is 3.46. The molecule has 1 N–H and O–H groups in total. The predicted octanol–water partition coefficient (Wildman–Crippen LogP) is 1.70. The number of nitrogens with zero attached hydrogens (tertiary/aromatic N) is 3. The van der Waals surface area contributed by atoms with Crippen LogP contribution >= 0.6 is 0 Å². The molecule has 1 aliphatic carbocycles. The number of halogens is 1. The van der Waals surface area contributed by atoms with Crippen LogP contribution in [0, 0.1) is 5.82 Å². The fraction of sp³-hybridized carbons (Fsp3) is 0.267. The summed E-state index contributed by atoms with van der Waals surface area (Å²) in [6, 6.07) is 7.51. The molecule has 1 amide bonds. The molecule has 1 aromatic carbocycles. The van der Waals surface area contributed by atoms with E-state index in [0.717, 1.165) is 12.8 Å². The molecule has 1 fully saturated rings. The molecule has 1 aliphatic rings. The van der Waals surface area contributed by atoms with Gasteiger partial charge in [0.05, 0.1) is 0 Å². The van der Waals surface area contributed by atoms with E-state index >= 15 is 0 Å². The Morgan fingerprint density at radius 3 is 2.68 bits per heavy atom. The van der Waals surface area contributed by atoms with E-state index in [1.54, 1.807) is 18.2 Å². The van der Waals surface area contributed by atoms with Gasteiger partial charge in [-0.15, -0.1) is 0 Å². The van der Waals surface area contributed by atoms with E-state index in [1.807, 2.05) is 0 Å². The number of amides is 1. The molecule has 3 rings (SSSR count). The summed E-state index contributed by atoms with van der Waals surface area (Å²) in [4.78, 5) is 24.6. The number of carbonyl (C=O) groups excluding carboxylic acids is 1. The van der Waals surface area contributed by atoms with Crippen LogP contribution in [0.5, 0.6) is 0 Å². The van der Waals surface area contributed by atoms with Gasteiger partial charge >= 0.3 is 5.97 Å². The second-order valence-electron chi connectivity index (χ2n) is 5.15. The summed E-state index contributed by atoms with van der Waals surface area (Å²) >= 11 is 0. The number of carboxylic acids is 1. The molecular weight excluding hydrogens is 289 g/mol. The largest absolute Gasteiger partial charge is 0.480 e. The predicted molar refractivity (Wildman–Crippen MR) is 75.2 cm³/mol. The normalized spacial score (nSPS) is 13.9. The van der Waals surface area contributed by atoms with E-state index < -0.39 is 17.7 Å². The highest BCUT2D eigenvalue weighted by molar-refractivity contribution is 5.94. The lowest BCUT2D eigenvalue weighted by Crippen LogP contribution is -2.37. The minimum atomic E-state index is -1.06. The van der Waals surface area contributed by atoms with Crippen molar-refractivity contribution in [3.8, 4) is 5.69 Å². The van der Waals surface area contributed by atoms with Crippen molar-refractivity contribution in [2.75, 3.05) is 6.54 Å². The number of benzene rings is 1. The zero-order valence-corrected chi connectivity index (χ0v) is 11.6. The van der Waals surface area contributed by atoms with Crippen molar-refractivity contribution < 1.29 is 19.1 Å². The standard InChI is InChI=1S/C15H14FN3O3/c16-11-3-1-2-4-13(11)19-8-7-12(17-19)15(22)18(9-14(20)21)10-5-6-10/h1-4,7-8,10H,5-6,9H2,(H,20,21). The lowest BCUT2D eigenvalue weighted by atomic mass is 10.3. The number of aliphatic carboxylic acids is 1. The van der Waals surface area contributed by atoms with Gasteiger partial charge in [-0.3, -0.25) is 9.59 Å². The van der Waals surface area contributed by atoms with Crippen LogP contribution < -0.4 is 0 Å². The van der Waals surface area contributed by atoms with E-state index in [1.165, 1.54) is 27.9 Å². The van der Waals surface area contributed by atoms with Gasteiger partial charge in [-0.25, -0.2) is 9.07 Å². The summed E-state index contributed by atoms with van der Waals surface area (Å²) in [6.07, 6.45) is 3.08. The highest BCUT2D eigenvalue weighted by Crippen LogP contribution is 2.28. The first-order valence-electron chi connectivity index (χ1n) is 6.89. The second kappa shape index (κ2) is 5.59. The monoisotopic (exact) mass is 303 g/mol. The first-order valence-corrected chi connectivity index (χ1v) is 6.89. The quantitative estimate of drug-likeness (QED) is 0.912. The minimum Gasteiger partial charge on any atom is -0.480 e. The zero-order valence-electron chi connectivity index (χ0n) is 11.6. The lowest BCUT2D eigenvalue weighted by molar-refractivity contribution is -0.137. The van der Waals surface area contributed by atoms with E-state index in [4.69, 9.17) is 5.11 Å². The topological polar surface area (TPSA) is 75.4 Å². The van der Waals surface area contributed by atoms with E-state index in [0.29, 0.717) is 0 Å². The molecule has 0 bridgehead atoms. The third kappa shape index (κ3) is 2.83. The van der Waals surface area contributed by atoms with E-state index in [-0.39, 0.29) is 24.0 Å². The van der Waals surface area contributed by atoms with Gasteiger partial charge in [-0.1, -0.05) is 12.1 Å². The van der Waals surface area contributed by atoms with Gasteiger partial charge in [0.15, 0.2) is 5.69 Å². The molecule has 6 nitrogen and oxygen atoms in total. The minimum absolute atomic E-state index is 0.0396. The molecule has 1 aromatic heterocycles. The Hall–Kier alpha value is -2.70. The molecular formula is C15H14FN3O3. The van der Waals surface area contributed by atoms with Gasteiger partial charge in [-0.05, 0) is 31.0 Å². The first kappa shape index (κ1) is 14.2. The Labute approximate surface area is 125 Å². The second-order valence-corrected chi connectivity index (χ2v) is 5.15. The maximum Gasteiger partial charge on any atom is 0.323 e. The fourth-order valence-corrected chi connectivity index (χ4v) is 2.26. The number of para-hydroxylation sites is 1. The molecule has 114 valence electrons. The number of rotatable bonds is 5. The van der Waals surface area contributed by atoms with Crippen molar-refractivity contribution in [2.45, 2.75) is 18.9 Å². The molecule has 0 spiro atoms. The zero-order chi connectivity index (χ0) is 15.7. The molecule has 0 aliphatic heterocycles. The van der Waals surface area contributed by atoms with Crippen LogP contribution in [0.4, 0.5) is 4.39 Å². The first-order chi connectivity index (χ1) is 10.6. The van der Waals surface area contributed by atoms with Crippen molar-refractivity contribution in [1.82, 2.24) is 14.7 Å². The van der Waals surface area contributed by atoms with Gasteiger partial charge in [0.1, 0.15) is 18.0 Å². The third-order valence-electron chi connectivity index (χ3n) is 3.46. The van der Waals surface area contributed by atoms with E-state index in [2.05, 4.69) is 5.10 Å². The van der Waals surface area contributed by atoms with Crippen LogP contribution in [0.3, 0.4) is 0 Å². The van der Waals surface area contributed by atoms with Gasteiger partial charge in [-0.2, -0.15) is 5.10 Å². The van der Waals surface area contributed by atoms with Crippen LogP contribution in [-0.2, 0) is 4.79 Å². The average molecular weight is 303 g/mol.